The quantitative estimate of drug-likeness (QED) is 0.407. The number of benzene rings is 2. The number of methoxy groups -OCH3 is 2. The summed E-state index contributed by atoms with van der Waals surface area (Å²) in [5, 5.41) is 5.83. The van der Waals surface area contributed by atoms with Crippen LogP contribution in [0.5, 0.6) is 11.5 Å². The highest BCUT2D eigenvalue weighted by Gasteiger charge is 2.32. The predicted octanol–water partition coefficient (Wildman–Crippen LogP) is 2.53. The van der Waals surface area contributed by atoms with Gasteiger partial charge in [-0.2, -0.15) is 18.3 Å². The monoisotopic (exact) mass is 423 g/mol. The first kappa shape index (κ1) is 22.7. The first-order valence-electron chi connectivity index (χ1n) is 8.74. The van der Waals surface area contributed by atoms with E-state index in [4.69, 9.17) is 9.47 Å². The van der Waals surface area contributed by atoms with Gasteiger partial charge in [-0.3, -0.25) is 9.59 Å². The average Bonchev–Trinajstić information content (AvgIpc) is 2.73. The third-order valence-corrected chi connectivity index (χ3v) is 3.99. The van der Waals surface area contributed by atoms with Crippen LogP contribution in [0.2, 0.25) is 0 Å². The van der Waals surface area contributed by atoms with Crippen molar-refractivity contribution in [2.75, 3.05) is 20.8 Å². The Morgan fingerprint density at radius 3 is 2.40 bits per heavy atom. The lowest BCUT2D eigenvalue weighted by molar-refractivity contribution is -0.139. The molecule has 2 N–H and O–H groups in total. The van der Waals surface area contributed by atoms with E-state index in [1.165, 1.54) is 32.4 Å². The molecule has 0 heterocycles. The second kappa shape index (κ2) is 10.3. The molecule has 2 aromatic carbocycles. The van der Waals surface area contributed by atoms with Crippen LogP contribution in [0.15, 0.2) is 47.6 Å². The fourth-order valence-corrected chi connectivity index (χ4v) is 2.52. The van der Waals surface area contributed by atoms with Crippen LogP contribution >= 0.6 is 0 Å². The molecule has 0 radical (unpaired) electrons. The Morgan fingerprint density at radius 1 is 1.03 bits per heavy atom. The number of halogens is 3. The molecule has 10 heteroatoms. The molecule has 0 saturated carbocycles. The molecule has 30 heavy (non-hydrogen) atoms. The molecule has 0 saturated heterocycles. The summed E-state index contributed by atoms with van der Waals surface area (Å²) < 4.78 is 49.0. The van der Waals surface area contributed by atoms with E-state index in [9.17, 15) is 22.8 Å². The van der Waals surface area contributed by atoms with E-state index in [2.05, 4.69) is 10.4 Å². The van der Waals surface area contributed by atoms with Crippen molar-refractivity contribution in [1.29, 1.82) is 0 Å². The average molecular weight is 423 g/mol. The fourth-order valence-electron chi connectivity index (χ4n) is 2.52. The zero-order valence-electron chi connectivity index (χ0n) is 16.2. The Bertz CT molecular complexity index is 930. The van der Waals surface area contributed by atoms with Crippen molar-refractivity contribution in [3.05, 3.63) is 59.2 Å². The maximum absolute atomic E-state index is 12.9. The predicted molar refractivity (Wildman–Crippen MR) is 103 cm³/mol. The fraction of sp³-hybridized carbons (Fsp3) is 0.250. The van der Waals surface area contributed by atoms with Gasteiger partial charge in [-0.15, -0.1) is 0 Å². The maximum atomic E-state index is 12.9. The number of hydrogen-bond donors (Lipinski definition) is 2. The smallest absolute Gasteiger partial charge is 0.417 e. The van der Waals surface area contributed by atoms with E-state index >= 15 is 0 Å². The minimum atomic E-state index is -4.56. The molecule has 0 aliphatic rings. The van der Waals surface area contributed by atoms with Crippen LogP contribution in [0, 0.1) is 0 Å². The molecular formula is C20H20F3N3O4. The van der Waals surface area contributed by atoms with Crippen molar-refractivity contribution >= 4 is 18.0 Å². The number of nitrogens with one attached hydrogen (secondary N) is 2. The second-order valence-corrected chi connectivity index (χ2v) is 5.98. The van der Waals surface area contributed by atoms with Gasteiger partial charge >= 0.3 is 18.0 Å². The highest BCUT2D eigenvalue weighted by molar-refractivity contribution is 6.35. The molecule has 0 fully saturated rings. The molecule has 0 unspecified atom stereocenters. The normalized spacial score (nSPS) is 11.2. The Balaban J connectivity index is 1.86. The molecule has 7 nitrogen and oxygen atoms in total. The molecule has 0 spiro atoms. The van der Waals surface area contributed by atoms with E-state index in [1.807, 2.05) is 5.43 Å². The van der Waals surface area contributed by atoms with Gasteiger partial charge in [0.2, 0.25) is 0 Å². The first-order chi connectivity index (χ1) is 14.3. The topological polar surface area (TPSA) is 89.0 Å². The summed E-state index contributed by atoms with van der Waals surface area (Å²) in [6.45, 7) is 0.155. The summed E-state index contributed by atoms with van der Waals surface area (Å²) in [5.41, 5.74) is 1.61. The highest BCUT2D eigenvalue weighted by atomic mass is 19.4. The lowest BCUT2D eigenvalue weighted by Crippen LogP contribution is -2.38. The van der Waals surface area contributed by atoms with Gasteiger partial charge in [0.1, 0.15) is 0 Å². The van der Waals surface area contributed by atoms with E-state index in [1.54, 1.807) is 18.2 Å². The number of hydrogen-bond acceptors (Lipinski definition) is 5. The van der Waals surface area contributed by atoms with Crippen LogP contribution in [0.3, 0.4) is 0 Å². The van der Waals surface area contributed by atoms with Crippen molar-refractivity contribution < 1.29 is 32.2 Å². The molecule has 0 aliphatic heterocycles. The van der Waals surface area contributed by atoms with Crippen LogP contribution in [-0.2, 0) is 22.2 Å². The molecule has 0 aromatic heterocycles. The summed E-state index contributed by atoms with van der Waals surface area (Å²) in [5.74, 6) is -0.957. The van der Waals surface area contributed by atoms with Gasteiger partial charge < -0.3 is 14.8 Å². The molecule has 0 bridgehead atoms. The summed E-state index contributed by atoms with van der Waals surface area (Å²) in [7, 11) is 3.02. The van der Waals surface area contributed by atoms with E-state index in [0.29, 0.717) is 17.9 Å². The number of rotatable bonds is 7. The van der Waals surface area contributed by atoms with Crippen molar-refractivity contribution in [1.82, 2.24) is 10.7 Å². The van der Waals surface area contributed by atoms with Crippen molar-refractivity contribution in [3.8, 4) is 11.5 Å². The number of hydrazone groups is 1. The Morgan fingerprint density at radius 2 is 1.73 bits per heavy atom. The molecule has 2 rings (SSSR count). The summed E-state index contributed by atoms with van der Waals surface area (Å²) in [6.07, 6.45) is -3.31. The van der Waals surface area contributed by atoms with Crippen LogP contribution in [0.4, 0.5) is 13.2 Å². The summed E-state index contributed by atoms with van der Waals surface area (Å²) in [6, 6.07) is 9.98. The van der Waals surface area contributed by atoms with Crippen LogP contribution in [-0.4, -0.2) is 38.8 Å². The third-order valence-electron chi connectivity index (χ3n) is 3.99. The van der Waals surface area contributed by atoms with Crippen LogP contribution < -0.4 is 20.2 Å². The molecule has 160 valence electrons. The number of carbonyl (C=O) groups is 2. The maximum Gasteiger partial charge on any atom is 0.417 e. The van der Waals surface area contributed by atoms with Crippen LogP contribution in [0.25, 0.3) is 0 Å². The van der Waals surface area contributed by atoms with Gasteiger partial charge in [0.15, 0.2) is 11.5 Å². The number of carbonyl (C=O) groups excluding carboxylic acids is 2. The third kappa shape index (κ3) is 6.23. The summed E-state index contributed by atoms with van der Waals surface area (Å²) >= 11 is 0. The van der Waals surface area contributed by atoms with E-state index < -0.39 is 23.6 Å². The molecule has 0 atom stereocenters. The molecule has 2 aromatic rings. The van der Waals surface area contributed by atoms with Gasteiger partial charge in [0, 0.05) is 12.1 Å². The Kier molecular flexibility index (Phi) is 7.79. The summed E-state index contributed by atoms with van der Waals surface area (Å²) in [4.78, 5) is 23.5. The number of nitrogens with zero attached hydrogens (tertiary/aromatic N) is 1. The number of ether oxygens (including phenoxy) is 2. The van der Waals surface area contributed by atoms with E-state index in [0.717, 1.165) is 17.8 Å². The number of amides is 2. The minimum absolute atomic E-state index is 0.155. The van der Waals surface area contributed by atoms with Crippen molar-refractivity contribution in [2.45, 2.75) is 12.6 Å². The Labute approximate surface area is 170 Å². The van der Waals surface area contributed by atoms with Gasteiger partial charge in [-0.05, 0) is 30.2 Å². The SMILES string of the molecule is COc1ccc(CCNC(=O)C(=O)N/N=C\c2ccccc2C(F)(F)F)cc1OC. The largest absolute Gasteiger partial charge is 0.493 e. The lowest BCUT2D eigenvalue weighted by Gasteiger charge is -2.10. The van der Waals surface area contributed by atoms with Gasteiger partial charge in [0.25, 0.3) is 0 Å². The Hall–Kier alpha value is -3.56. The molecular weight excluding hydrogens is 403 g/mol. The van der Waals surface area contributed by atoms with Crippen molar-refractivity contribution in [2.24, 2.45) is 5.10 Å². The number of alkyl halides is 3. The van der Waals surface area contributed by atoms with E-state index in [-0.39, 0.29) is 12.1 Å². The molecule has 2 amide bonds. The van der Waals surface area contributed by atoms with Gasteiger partial charge in [0.05, 0.1) is 26.0 Å². The molecule has 0 aliphatic carbocycles. The lowest BCUT2D eigenvalue weighted by atomic mass is 10.1. The minimum Gasteiger partial charge on any atom is -0.493 e. The highest BCUT2D eigenvalue weighted by Crippen LogP contribution is 2.31. The standard InChI is InChI=1S/C20H20F3N3O4/c1-29-16-8-7-13(11-17(16)30-2)9-10-24-18(27)19(28)26-25-12-14-5-3-4-6-15(14)20(21,22)23/h3-8,11-12H,9-10H2,1-2H3,(H,24,27)(H,26,28)/b25-12-. The first-order valence-corrected chi connectivity index (χ1v) is 8.74. The zero-order chi connectivity index (χ0) is 22.1. The zero-order valence-corrected chi connectivity index (χ0v) is 16.2. The van der Waals surface area contributed by atoms with Gasteiger partial charge in [-0.25, -0.2) is 5.43 Å². The van der Waals surface area contributed by atoms with Crippen molar-refractivity contribution in [3.63, 3.8) is 0 Å². The van der Waals surface area contributed by atoms with Crippen LogP contribution in [0.1, 0.15) is 16.7 Å². The second-order valence-electron chi connectivity index (χ2n) is 5.98. The van der Waals surface area contributed by atoms with Gasteiger partial charge in [-0.1, -0.05) is 24.3 Å².